The van der Waals surface area contributed by atoms with E-state index in [1.165, 1.54) is 11.1 Å². The number of hydrogen-bond donors (Lipinski definition) is 1. The third-order valence-electron chi connectivity index (χ3n) is 3.38. The molecule has 2 N–H and O–H groups in total. The molecule has 0 saturated carbocycles. The zero-order chi connectivity index (χ0) is 11.7. The smallest absolute Gasteiger partial charge is 0.106 e. The van der Waals surface area contributed by atoms with Crippen molar-refractivity contribution in [3.63, 3.8) is 0 Å². The number of hydrogen-bond acceptors (Lipinski definition) is 2. The molecule has 1 aromatic carbocycles. The van der Waals surface area contributed by atoms with E-state index in [-0.39, 0.29) is 0 Å². The Balaban J connectivity index is 2.54. The van der Waals surface area contributed by atoms with Crippen molar-refractivity contribution in [2.24, 2.45) is 12.8 Å². The largest absolute Gasteiger partial charge is 0.331 e. The van der Waals surface area contributed by atoms with E-state index in [2.05, 4.69) is 41.7 Å². The third-order valence-corrected chi connectivity index (χ3v) is 3.38. The summed E-state index contributed by atoms with van der Waals surface area (Å²) in [6, 6.07) is 6.46. The average Bonchev–Trinajstić information content (AvgIpc) is 2.57. The highest BCUT2D eigenvalue weighted by molar-refractivity contribution is 5.77. The first-order chi connectivity index (χ1) is 7.67. The van der Waals surface area contributed by atoms with Gasteiger partial charge in [0.1, 0.15) is 5.82 Å². The maximum Gasteiger partial charge on any atom is 0.106 e. The summed E-state index contributed by atoms with van der Waals surface area (Å²) in [7, 11) is 2.05. The van der Waals surface area contributed by atoms with Gasteiger partial charge in [-0.3, -0.25) is 0 Å². The van der Waals surface area contributed by atoms with E-state index in [0.717, 1.165) is 17.8 Å². The normalized spacial score (nSPS) is 13.2. The first kappa shape index (κ1) is 11.1. The van der Waals surface area contributed by atoms with Crippen LogP contribution in [0.4, 0.5) is 0 Å². The maximum absolute atomic E-state index is 5.78. The van der Waals surface area contributed by atoms with Crippen LogP contribution in [0.2, 0.25) is 0 Å². The molecule has 0 bridgehead atoms. The van der Waals surface area contributed by atoms with E-state index >= 15 is 0 Å². The minimum absolute atomic E-state index is 0.458. The van der Waals surface area contributed by atoms with Crippen molar-refractivity contribution < 1.29 is 0 Å². The number of nitrogens with zero attached hydrogens (tertiary/aromatic N) is 2. The van der Waals surface area contributed by atoms with Crippen LogP contribution in [-0.4, -0.2) is 16.1 Å². The summed E-state index contributed by atoms with van der Waals surface area (Å²) in [6.07, 6.45) is 1.08. The van der Waals surface area contributed by atoms with Gasteiger partial charge in [-0.1, -0.05) is 13.0 Å². The Kier molecular flexibility index (Phi) is 2.97. The Morgan fingerprint density at radius 2 is 2.19 bits per heavy atom. The molecule has 0 amide bonds. The highest BCUT2D eigenvalue weighted by atomic mass is 15.0. The van der Waals surface area contributed by atoms with Gasteiger partial charge in [0.25, 0.3) is 0 Å². The molecule has 1 atom stereocenters. The van der Waals surface area contributed by atoms with Crippen LogP contribution in [0.25, 0.3) is 11.0 Å². The molecule has 1 aromatic heterocycles. The molecule has 2 rings (SSSR count). The lowest BCUT2D eigenvalue weighted by atomic mass is 9.96. The van der Waals surface area contributed by atoms with Crippen LogP contribution >= 0.6 is 0 Å². The van der Waals surface area contributed by atoms with Crippen LogP contribution in [0.15, 0.2) is 18.2 Å². The SMILES string of the molecule is CCC(CN)c1ccc2nc(C)n(C)c2c1. The molecular weight excluding hydrogens is 198 g/mol. The van der Waals surface area contributed by atoms with Crippen LogP contribution in [0.5, 0.6) is 0 Å². The van der Waals surface area contributed by atoms with Crippen LogP contribution in [0, 0.1) is 6.92 Å². The van der Waals surface area contributed by atoms with E-state index in [9.17, 15) is 0 Å². The predicted molar refractivity (Wildman–Crippen MR) is 67.5 cm³/mol. The summed E-state index contributed by atoms with van der Waals surface area (Å²) in [4.78, 5) is 4.50. The van der Waals surface area contributed by atoms with Crippen molar-refractivity contribution in [2.75, 3.05) is 6.54 Å². The molecule has 1 unspecified atom stereocenters. The molecule has 3 nitrogen and oxygen atoms in total. The molecular formula is C13H19N3. The van der Waals surface area contributed by atoms with E-state index in [1.807, 2.05) is 6.92 Å². The van der Waals surface area contributed by atoms with Crippen LogP contribution in [0.3, 0.4) is 0 Å². The number of nitrogens with two attached hydrogens (primary N) is 1. The lowest BCUT2D eigenvalue weighted by molar-refractivity contribution is 0.675. The van der Waals surface area contributed by atoms with E-state index in [4.69, 9.17) is 5.73 Å². The van der Waals surface area contributed by atoms with Crippen molar-refractivity contribution in [1.29, 1.82) is 0 Å². The number of fused-ring (bicyclic) bond motifs is 1. The van der Waals surface area contributed by atoms with Gasteiger partial charge in [-0.05, 0) is 43.5 Å². The minimum atomic E-state index is 0.458. The predicted octanol–water partition coefficient (Wildman–Crippen LogP) is 2.33. The molecule has 86 valence electrons. The molecule has 0 aliphatic heterocycles. The van der Waals surface area contributed by atoms with Crippen molar-refractivity contribution in [1.82, 2.24) is 9.55 Å². The summed E-state index contributed by atoms with van der Waals surface area (Å²) in [5.74, 6) is 1.51. The van der Waals surface area contributed by atoms with Crippen molar-refractivity contribution in [2.45, 2.75) is 26.2 Å². The standard InChI is InChI=1S/C13H19N3/c1-4-10(8-14)11-5-6-12-13(7-11)16(3)9(2)15-12/h5-7,10H,4,8,14H2,1-3H3. The Hall–Kier alpha value is -1.35. The summed E-state index contributed by atoms with van der Waals surface area (Å²) in [6.45, 7) is 4.91. The minimum Gasteiger partial charge on any atom is -0.331 e. The molecule has 0 aliphatic rings. The van der Waals surface area contributed by atoms with Crippen molar-refractivity contribution >= 4 is 11.0 Å². The monoisotopic (exact) mass is 217 g/mol. The number of imidazole rings is 1. The number of aryl methyl sites for hydroxylation is 2. The fourth-order valence-corrected chi connectivity index (χ4v) is 2.12. The maximum atomic E-state index is 5.78. The fraction of sp³-hybridized carbons (Fsp3) is 0.462. The molecule has 3 heteroatoms. The highest BCUT2D eigenvalue weighted by Gasteiger charge is 2.10. The molecule has 0 saturated heterocycles. The second-order valence-electron chi connectivity index (χ2n) is 4.31. The summed E-state index contributed by atoms with van der Waals surface area (Å²) in [5, 5.41) is 0. The van der Waals surface area contributed by atoms with Crippen LogP contribution in [-0.2, 0) is 7.05 Å². The van der Waals surface area contributed by atoms with Gasteiger partial charge in [0, 0.05) is 7.05 Å². The molecule has 0 radical (unpaired) electrons. The summed E-state index contributed by atoms with van der Waals surface area (Å²) in [5.41, 5.74) is 9.36. The van der Waals surface area contributed by atoms with Gasteiger partial charge in [-0.2, -0.15) is 0 Å². The lowest BCUT2D eigenvalue weighted by Gasteiger charge is -2.12. The Morgan fingerprint density at radius 1 is 1.44 bits per heavy atom. The Labute approximate surface area is 96.3 Å². The lowest BCUT2D eigenvalue weighted by Crippen LogP contribution is -2.11. The van der Waals surface area contributed by atoms with Crippen molar-refractivity contribution in [3.8, 4) is 0 Å². The first-order valence-corrected chi connectivity index (χ1v) is 5.80. The van der Waals surface area contributed by atoms with E-state index in [0.29, 0.717) is 12.5 Å². The van der Waals surface area contributed by atoms with Gasteiger partial charge in [-0.15, -0.1) is 0 Å². The summed E-state index contributed by atoms with van der Waals surface area (Å²) >= 11 is 0. The quantitative estimate of drug-likeness (QED) is 0.857. The molecule has 2 aromatic rings. The van der Waals surface area contributed by atoms with Crippen molar-refractivity contribution in [3.05, 3.63) is 29.6 Å². The summed E-state index contributed by atoms with van der Waals surface area (Å²) < 4.78 is 2.13. The first-order valence-electron chi connectivity index (χ1n) is 5.80. The van der Waals surface area contributed by atoms with Gasteiger partial charge in [-0.25, -0.2) is 4.98 Å². The second kappa shape index (κ2) is 4.26. The van der Waals surface area contributed by atoms with Crippen LogP contribution < -0.4 is 5.73 Å². The van der Waals surface area contributed by atoms with Gasteiger partial charge in [0.05, 0.1) is 11.0 Å². The van der Waals surface area contributed by atoms with E-state index < -0.39 is 0 Å². The molecule has 0 aliphatic carbocycles. The Morgan fingerprint density at radius 3 is 2.81 bits per heavy atom. The second-order valence-corrected chi connectivity index (χ2v) is 4.31. The van der Waals surface area contributed by atoms with Gasteiger partial charge >= 0.3 is 0 Å². The topological polar surface area (TPSA) is 43.8 Å². The number of benzene rings is 1. The zero-order valence-corrected chi connectivity index (χ0v) is 10.2. The third kappa shape index (κ3) is 1.71. The average molecular weight is 217 g/mol. The zero-order valence-electron chi connectivity index (χ0n) is 10.2. The highest BCUT2D eigenvalue weighted by Crippen LogP contribution is 2.23. The van der Waals surface area contributed by atoms with Gasteiger partial charge in [0.15, 0.2) is 0 Å². The fourth-order valence-electron chi connectivity index (χ4n) is 2.12. The van der Waals surface area contributed by atoms with Gasteiger partial charge in [0.2, 0.25) is 0 Å². The molecule has 16 heavy (non-hydrogen) atoms. The number of aromatic nitrogens is 2. The van der Waals surface area contributed by atoms with Crippen LogP contribution in [0.1, 0.15) is 30.7 Å². The molecule has 1 heterocycles. The van der Waals surface area contributed by atoms with Gasteiger partial charge < -0.3 is 10.3 Å². The number of rotatable bonds is 3. The Bertz CT molecular complexity index is 495. The van der Waals surface area contributed by atoms with E-state index in [1.54, 1.807) is 0 Å². The molecule has 0 fully saturated rings. The molecule has 0 spiro atoms.